The molecule has 1 saturated heterocycles. The second-order valence-electron chi connectivity index (χ2n) is 7.87. The molecule has 0 unspecified atom stereocenters. The summed E-state index contributed by atoms with van der Waals surface area (Å²) in [5.41, 5.74) is 0.941. The molecule has 1 N–H and O–H groups in total. The van der Waals surface area contributed by atoms with Crippen molar-refractivity contribution in [3.05, 3.63) is 41.0 Å². The Labute approximate surface area is 175 Å². The number of halogens is 2. The van der Waals surface area contributed by atoms with Crippen molar-refractivity contribution in [1.29, 1.82) is 0 Å². The maximum Gasteiger partial charge on any atom is 0.336 e. The maximum atomic E-state index is 14.5. The SMILES string of the molecule is COC(=O)C1=C(c2ccc(F)cc2F)C[C@@H]2CC[C@H]1N2C(=O)NCCCOC(C)C. The Morgan fingerprint density at radius 1 is 1.27 bits per heavy atom. The quantitative estimate of drug-likeness (QED) is 0.538. The van der Waals surface area contributed by atoms with Gasteiger partial charge in [-0.15, -0.1) is 0 Å². The molecular weight excluding hydrogens is 394 g/mol. The highest BCUT2D eigenvalue weighted by molar-refractivity contribution is 6.01. The van der Waals surface area contributed by atoms with Gasteiger partial charge in [0.25, 0.3) is 0 Å². The highest BCUT2D eigenvalue weighted by Gasteiger charge is 2.46. The van der Waals surface area contributed by atoms with Gasteiger partial charge in [0.2, 0.25) is 0 Å². The number of esters is 1. The van der Waals surface area contributed by atoms with E-state index in [1.54, 1.807) is 4.90 Å². The average Bonchev–Trinajstić information content (AvgIpc) is 3.00. The summed E-state index contributed by atoms with van der Waals surface area (Å²) in [4.78, 5) is 27.1. The number of urea groups is 1. The van der Waals surface area contributed by atoms with E-state index < -0.39 is 23.6 Å². The van der Waals surface area contributed by atoms with Crippen LogP contribution >= 0.6 is 0 Å². The normalized spacial score (nSPS) is 20.7. The number of methoxy groups -OCH3 is 1. The predicted octanol–water partition coefficient (Wildman–Crippen LogP) is 3.65. The minimum Gasteiger partial charge on any atom is -0.466 e. The summed E-state index contributed by atoms with van der Waals surface area (Å²) in [7, 11) is 1.26. The third kappa shape index (κ3) is 4.64. The zero-order valence-corrected chi connectivity index (χ0v) is 17.5. The van der Waals surface area contributed by atoms with E-state index in [0.717, 1.165) is 6.07 Å². The fourth-order valence-electron chi connectivity index (χ4n) is 4.26. The molecule has 2 amide bonds. The number of amides is 2. The van der Waals surface area contributed by atoms with Crippen molar-refractivity contribution in [3.8, 4) is 0 Å². The second-order valence-corrected chi connectivity index (χ2v) is 7.87. The lowest BCUT2D eigenvalue weighted by Crippen LogP contribution is -2.51. The van der Waals surface area contributed by atoms with Gasteiger partial charge in [0.15, 0.2) is 0 Å². The number of carbonyl (C=O) groups is 2. The van der Waals surface area contributed by atoms with E-state index in [1.807, 2.05) is 13.8 Å². The first-order valence-corrected chi connectivity index (χ1v) is 10.3. The molecule has 1 fully saturated rings. The van der Waals surface area contributed by atoms with Crippen molar-refractivity contribution >= 4 is 17.6 Å². The van der Waals surface area contributed by atoms with Crippen molar-refractivity contribution in [2.45, 2.75) is 57.7 Å². The number of nitrogens with one attached hydrogen (secondary N) is 1. The molecule has 2 atom stereocenters. The van der Waals surface area contributed by atoms with Gasteiger partial charge in [-0.05, 0) is 57.2 Å². The summed E-state index contributed by atoms with van der Waals surface area (Å²) in [6.07, 6.45) is 2.41. The van der Waals surface area contributed by atoms with Crippen molar-refractivity contribution in [3.63, 3.8) is 0 Å². The highest BCUT2D eigenvalue weighted by Crippen LogP contribution is 2.44. The van der Waals surface area contributed by atoms with Crippen molar-refractivity contribution in [2.75, 3.05) is 20.3 Å². The lowest BCUT2D eigenvalue weighted by Gasteiger charge is -2.37. The van der Waals surface area contributed by atoms with Crippen LogP contribution < -0.4 is 5.32 Å². The molecule has 2 aliphatic heterocycles. The molecule has 2 heterocycles. The molecule has 6 nitrogen and oxygen atoms in total. The lowest BCUT2D eigenvalue weighted by molar-refractivity contribution is -0.136. The van der Waals surface area contributed by atoms with Crippen LogP contribution in [0, 0.1) is 11.6 Å². The first-order valence-electron chi connectivity index (χ1n) is 10.3. The number of fused-ring (bicyclic) bond motifs is 2. The largest absolute Gasteiger partial charge is 0.466 e. The molecule has 0 aliphatic carbocycles. The number of ether oxygens (including phenoxy) is 2. The minimum absolute atomic E-state index is 0.136. The summed E-state index contributed by atoms with van der Waals surface area (Å²) in [6, 6.07) is 2.40. The van der Waals surface area contributed by atoms with Crippen LogP contribution in [0.2, 0.25) is 0 Å². The highest BCUT2D eigenvalue weighted by atomic mass is 19.1. The van der Waals surface area contributed by atoms with Gasteiger partial charge in [0.05, 0.1) is 24.8 Å². The molecule has 0 saturated carbocycles. The number of hydrogen-bond acceptors (Lipinski definition) is 4. The van der Waals surface area contributed by atoms with E-state index in [-0.39, 0.29) is 29.3 Å². The molecule has 0 spiro atoms. The molecule has 30 heavy (non-hydrogen) atoms. The molecule has 0 radical (unpaired) electrons. The van der Waals surface area contributed by atoms with Crippen molar-refractivity contribution in [1.82, 2.24) is 10.2 Å². The number of nitrogens with zero attached hydrogens (tertiary/aromatic N) is 1. The Morgan fingerprint density at radius 2 is 2.03 bits per heavy atom. The van der Waals surface area contributed by atoms with Gasteiger partial charge in [-0.1, -0.05) is 0 Å². The topological polar surface area (TPSA) is 67.9 Å². The van der Waals surface area contributed by atoms with Crippen LogP contribution in [0.1, 0.15) is 45.1 Å². The van der Waals surface area contributed by atoms with E-state index in [2.05, 4.69) is 5.32 Å². The van der Waals surface area contributed by atoms with Crippen LogP contribution in [0.25, 0.3) is 5.57 Å². The number of carbonyl (C=O) groups excluding carboxylic acids is 2. The van der Waals surface area contributed by atoms with Crippen LogP contribution in [0.5, 0.6) is 0 Å². The Hall–Kier alpha value is -2.48. The average molecular weight is 422 g/mol. The first kappa shape index (κ1) is 22.2. The molecule has 1 aromatic rings. The second kappa shape index (κ2) is 9.55. The van der Waals surface area contributed by atoms with Crippen LogP contribution in [0.4, 0.5) is 13.6 Å². The Morgan fingerprint density at radius 3 is 2.70 bits per heavy atom. The van der Waals surface area contributed by atoms with Gasteiger partial charge in [-0.2, -0.15) is 0 Å². The van der Waals surface area contributed by atoms with E-state index in [4.69, 9.17) is 9.47 Å². The number of rotatable bonds is 7. The van der Waals surface area contributed by atoms with Gasteiger partial charge in [-0.3, -0.25) is 0 Å². The minimum atomic E-state index is -0.728. The zero-order valence-electron chi connectivity index (χ0n) is 17.5. The fraction of sp³-hybridized carbons (Fsp3) is 0.545. The molecule has 2 bridgehead atoms. The van der Waals surface area contributed by atoms with Gasteiger partial charge in [0, 0.05) is 30.8 Å². The third-order valence-corrected chi connectivity index (χ3v) is 5.55. The van der Waals surface area contributed by atoms with E-state index in [1.165, 1.54) is 19.2 Å². The van der Waals surface area contributed by atoms with E-state index in [0.29, 0.717) is 44.4 Å². The summed E-state index contributed by atoms with van der Waals surface area (Å²) < 4.78 is 38.3. The number of benzene rings is 1. The Balaban J connectivity index is 1.82. The number of hydrogen-bond donors (Lipinski definition) is 1. The summed E-state index contributed by atoms with van der Waals surface area (Å²) >= 11 is 0. The molecule has 164 valence electrons. The molecule has 1 aromatic carbocycles. The zero-order chi connectivity index (χ0) is 21.8. The molecule has 8 heteroatoms. The summed E-state index contributed by atoms with van der Waals surface area (Å²) in [5.74, 6) is -2.01. The molecule has 2 aliphatic rings. The van der Waals surface area contributed by atoms with Crippen LogP contribution in [0.15, 0.2) is 23.8 Å². The summed E-state index contributed by atoms with van der Waals surface area (Å²) in [6.45, 7) is 4.91. The maximum absolute atomic E-state index is 14.5. The lowest BCUT2D eigenvalue weighted by atomic mass is 9.88. The first-order chi connectivity index (χ1) is 14.3. The monoisotopic (exact) mass is 422 g/mol. The van der Waals surface area contributed by atoms with Crippen LogP contribution in [-0.2, 0) is 14.3 Å². The van der Waals surface area contributed by atoms with Gasteiger partial charge in [0.1, 0.15) is 11.6 Å². The third-order valence-electron chi connectivity index (χ3n) is 5.55. The molecule has 0 aromatic heterocycles. The molecular formula is C22H28F2N2O4. The molecule has 3 rings (SSSR count). The van der Waals surface area contributed by atoms with Gasteiger partial charge in [-0.25, -0.2) is 18.4 Å². The Kier molecular flexibility index (Phi) is 7.07. The van der Waals surface area contributed by atoms with E-state index >= 15 is 0 Å². The van der Waals surface area contributed by atoms with Gasteiger partial charge < -0.3 is 19.7 Å². The van der Waals surface area contributed by atoms with Crippen LogP contribution in [-0.4, -0.2) is 55.3 Å². The summed E-state index contributed by atoms with van der Waals surface area (Å²) in [5, 5.41) is 2.89. The smallest absolute Gasteiger partial charge is 0.336 e. The Bertz CT molecular complexity index is 840. The van der Waals surface area contributed by atoms with Crippen molar-refractivity contribution < 1.29 is 27.8 Å². The standard InChI is InChI=1S/C22H28F2N2O4/c1-13(2)30-10-4-9-25-22(28)26-15-6-8-19(26)20(21(27)29-3)17(12-15)16-7-5-14(23)11-18(16)24/h5,7,11,13,15,19H,4,6,8-10,12H2,1-3H3,(H,25,28)/t15-,19+/m0/s1. The van der Waals surface area contributed by atoms with Crippen LogP contribution in [0.3, 0.4) is 0 Å². The van der Waals surface area contributed by atoms with Crippen molar-refractivity contribution in [2.24, 2.45) is 0 Å². The fourth-order valence-corrected chi connectivity index (χ4v) is 4.26. The van der Waals surface area contributed by atoms with Gasteiger partial charge >= 0.3 is 12.0 Å². The predicted molar refractivity (Wildman–Crippen MR) is 108 cm³/mol. The van der Waals surface area contributed by atoms with E-state index in [9.17, 15) is 18.4 Å².